The Bertz CT molecular complexity index is 737. The van der Waals surface area contributed by atoms with E-state index in [4.69, 9.17) is 9.26 Å². The molecule has 0 spiro atoms. The first-order valence-electron chi connectivity index (χ1n) is 7.63. The largest absolute Gasteiger partial charge is 0.484 e. The van der Waals surface area contributed by atoms with Gasteiger partial charge >= 0.3 is 0 Å². The van der Waals surface area contributed by atoms with Crippen molar-refractivity contribution in [1.82, 2.24) is 16.0 Å². The van der Waals surface area contributed by atoms with E-state index in [2.05, 4.69) is 16.0 Å². The average molecular weight is 331 g/mol. The average Bonchev–Trinajstić information content (AvgIpc) is 2.92. The zero-order chi connectivity index (χ0) is 17.7. The summed E-state index contributed by atoms with van der Waals surface area (Å²) in [5.74, 6) is 0.141. The minimum absolute atomic E-state index is 0.00676. The molecule has 0 aliphatic rings. The predicted octanol–water partition coefficient (Wildman–Crippen LogP) is 2.25. The van der Waals surface area contributed by atoms with E-state index in [1.54, 1.807) is 13.0 Å². The highest BCUT2D eigenvalue weighted by molar-refractivity contribution is 5.97. The van der Waals surface area contributed by atoms with Gasteiger partial charge in [0.1, 0.15) is 11.3 Å². The minimum atomic E-state index is -0.471. The molecule has 1 aromatic carbocycles. The number of nitrogens with zero attached hydrogens (tertiary/aromatic N) is 1. The third-order valence-electron chi connectivity index (χ3n) is 3.32. The molecule has 0 aliphatic carbocycles. The molecule has 2 aromatic rings. The summed E-state index contributed by atoms with van der Waals surface area (Å²) in [6.45, 7) is 7.19. The number of aromatic nitrogens is 1. The van der Waals surface area contributed by atoms with Crippen LogP contribution >= 0.6 is 0 Å². The molecular weight excluding hydrogens is 310 g/mol. The first-order valence-corrected chi connectivity index (χ1v) is 7.63. The summed E-state index contributed by atoms with van der Waals surface area (Å²) in [5, 5.41) is 3.80. The number of hydrogen-bond acceptors (Lipinski definition) is 5. The number of benzene rings is 1. The van der Waals surface area contributed by atoms with Crippen LogP contribution in [0.3, 0.4) is 0 Å². The van der Waals surface area contributed by atoms with Crippen LogP contribution in [0, 0.1) is 13.8 Å². The van der Waals surface area contributed by atoms with Crippen LogP contribution in [0.15, 0.2) is 28.8 Å². The molecule has 0 atom stereocenters. The van der Waals surface area contributed by atoms with Crippen molar-refractivity contribution < 1.29 is 18.8 Å². The van der Waals surface area contributed by atoms with Crippen LogP contribution < -0.4 is 15.6 Å². The van der Waals surface area contributed by atoms with E-state index >= 15 is 0 Å². The number of nitrogens with one attached hydrogen (secondary N) is 2. The number of carbonyl (C=O) groups excluding carboxylic acids is 2. The normalized spacial score (nSPS) is 10.5. The smallest absolute Gasteiger partial charge is 0.276 e. The molecule has 2 N–H and O–H groups in total. The Kier molecular flexibility index (Phi) is 5.57. The summed E-state index contributed by atoms with van der Waals surface area (Å²) in [5.41, 5.74) is 6.51. The molecule has 128 valence electrons. The summed E-state index contributed by atoms with van der Waals surface area (Å²) in [6, 6.07) is 7.35. The van der Waals surface area contributed by atoms with Gasteiger partial charge in [-0.3, -0.25) is 20.4 Å². The SMILES string of the molecule is Cc1cccc(OCC(=O)NNC(=O)c2c(C)noc2C(C)C)c1. The van der Waals surface area contributed by atoms with Gasteiger partial charge in [0, 0.05) is 5.92 Å². The van der Waals surface area contributed by atoms with E-state index in [1.807, 2.05) is 39.0 Å². The molecule has 2 amide bonds. The first kappa shape index (κ1) is 17.5. The van der Waals surface area contributed by atoms with Gasteiger partial charge < -0.3 is 9.26 Å². The second-order valence-corrected chi connectivity index (χ2v) is 5.77. The molecule has 0 bridgehead atoms. The maximum atomic E-state index is 12.2. The molecule has 0 fully saturated rings. The molecule has 0 unspecified atom stereocenters. The number of carbonyl (C=O) groups is 2. The Morgan fingerprint density at radius 3 is 2.67 bits per heavy atom. The molecule has 0 saturated carbocycles. The van der Waals surface area contributed by atoms with Crippen LogP contribution in [0.5, 0.6) is 5.75 Å². The monoisotopic (exact) mass is 331 g/mol. The summed E-state index contributed by atoms with van der Waals surface area (Å²) in [6.07, 6.45) is 0. The second-order valence-electron chi connectivity index (χ2n) is 5.77. The highest BCUT2D eigenvalue weighted by Crippen LogP contribution is 2.21. The predicted molar refractivity (Wildman–Crippen MR) is 87.6 cm³/mol. The van der Waals surface area contributed by atoms with Crippen LogP contribution in [-0.4, -0.2) is 23.6 Å². The number of amides is 2. The number of hydrogen-bond donors (Lipinski definition) is 2. The number of rotatable bonds is 5. The number of aryl methyl sites for hydroxylation is 2. The number of ether oxygens (including phenoxy) is 1. The van der Waals surface area contributed by atoms with Gasteiger partial charge in [-0.2, -0.15) is 0 Å². The van der Waals surface area contributed by atoms with Crippen molar-refractivity contribution in [3.8, 4) is 5.75 Å². The van der Waals surface area contributed by atoms with E-state index < -0.39 is 11.8 Å². The van der Waals surface area contributed by atoms with Crippen molar-refractivity contribution in [2.45, 2.75) is 33.6 Å². The second kappa shape index (κ2) is 7.63. The van der Waals surface area contributed by atoms with Gasteiger partial charge in [-0.15, -0.1) is 0 Å². The van der Waals surface area contributed by atoms with E-state index in [0.717, 1.165) is 5.56 Å². The maximum Gasteiger partial charge on any atom is 0.276 e. The molecule has 7 nitrogen and oxygen atoms in total. The lowest BCUT2D eigenvalue weighted by molar-refractivity contribution is -0.123. The molecule has 1 aromatic heterocycles. The van der Waals surface area contributed by atoms with Gasteiger partial charge in [0.15, 0.2) is 12.4 Å². The van der Waals surface area contributed by atoms with Crippen LogP contribution in [-0.2, 0) is 4.79 Å². The summed E-state index contributed by atoms with van der Waals surface area (Å²) in [4.78, 5) is 24.0. The van der Waals surface area contributed by atoms with Crippen molar-refractivity contribution in [2.24, 2.45) is 0 Å². The van der Waals surface area contributed by atoms with Crippen LogP contribution in [0.1, 0.15) is 47.1 Å². The molecular formula is C17H21N3O4. The van der Waals surface area contributed by atoms with Gasteiger partial charge in [-0.05, 0) is 31.5 Å². The molecule has 1 heterocycles. The summed E-state index contributed by atoms with van der Waals surface area (Å²) in [7, 11) is 0. The Balaban J connectivity index is 1.88. The lowest BCUT2D eigenvalue weighted by Gasteiger charge is -2.10. The van der Waals surface area contributed by atoms with E-state index in [0.29, 0.717) is 22.8 Å². The van der Waals surface area contributed by atoms with Gasteiger partial charge in [0.05, 0.1) is 5.69 Å². The summed E-state index contributed by atoms with van der Waals surface area (Å²) >= 11 is 0. The molecule has 0 radical (unpaired) electrons. The first-order chi connectivity index (χ1) is 11.4. The van der Waals surface area contributed by atoms with Crippen molar-refractivity contribution in [2.75, 3.05) is 6.61 Å². The van der Waals surface area contributed by atoms with Crippen molar-refractivity contribution in [1.29, 1.82) is 0 Å². The third-order valence-corrected chi connectivity index (χ3v) is 3.32. The van der Waals surface area contributed by atoms with Gasteiger partial charge in [0.2, 0.25) is 0 Å². The highest BCUT2D eigenvalue weighted by Gasteiger charge is 2.22. The fourth-order valence-corrected chi connectivity index (χ4v) is 2.14. The zero-order valence-electron chi connectivity index (χ0n) is 14.2. The van der Waals surface area contributed by atoms with E-state index in [9.17, 15) is 9.59 Å². The lowest BCUT2D eigenvalue weighted by Crippen LogP contribution is -2.44. The van der Waals surface area contributed by atoms with Crippen molar-refractivity contribution in [3.05, 3.63) is 46.8 Å². The molecule has 24 heavy (non-hydrogen) atoms. The van der Waals surface area contributed by atoms with Gasteiger partial charge in [-0.1, -0.05) is 31.1 Å². The Hall–Kier alpha value is -2.83. The van der Waals surface area contributed by atoms with Crippen molar-refractivity contribution >= 4 is 11.8 Å². The fraction of sp³-hybridized carbons (Fsp3) is 0.353. The van der Waals surface area contributed by atoms with Crippen LogP contribution in [0.2, 0.25) is 0 Å². The molecule has 2 rings (SSSR count). The Labute approximate surface area is 140 Å². The summed E-state index contributed by atoms with van der Waals surface area (Å²) < 4.78 is 10.5. The lowest BCUT2D eigenvalue weighted by atomic mass is 10.1. The molecule has 0 aliphatic heterocycles. The Morgan fingerprint density at radius 2 is 2.00 bits per heavy atom. The maximum absolute atomic E-state index is 12.2. The van der Waals surface area contributed by atoms with E-state index in [-0.39, 0.29) is 12.5 Å². The quantitative estimate of drug-likeness (QED) is 0.820. The topological polar surface area (TPSA) is 93.5 Å². The zero-order valence-corrected chi connectivity index (χ0v) is 14.2. The standard InChI is InChI=1S/C17H21N3O4/c1-10(2)16-15(12(4)20-24-16)17(22)19-18-14(21)9-23-13-7-5-6-11(3)8-13/h5-8,10H,9H2,1-4H3,(H,18,21)(H,19,22). The molecule has 0 saturated heterocycles. The van der Waals surface area contributed by atoms with Gasteiger partial charge in [0.25, 0.3) is 11.8 Å². The van der Waals surface area contributed by atoms with Gasteiger partial charge in [-0.25, -0.2) is 0 Å². The fourth-order valence-electron chi connectivity index (χ4n) is 2.14. The highest BCUT2D eigenvalue weighted by atomic mass is 16.5. The third kappa shape index (κ3) is 4.34. The minimum Gasteiger partial charge on any atom is -0.484 e. The van der Waals surface area contributed by atoms with Crippen molar-refractivity contribution in [3.63, 3.8) is 0 Å². The molecule has 7 heteroatoms. The van der Waals surface area contributed by atoms with Crippen LogP contribution in [0.4, 0.5) is 0 Å². The number of hydrazine groups is 1. The van der Waals surface area contributed by atoms with E-state index in [1.165, 1.54) is 0 Å². The van der Waals surface area contributed by atoms with Crippen LogP contribution in [0.25, 0.3) is 0 Å². The Morgan fingerprint density at radius 1 is 1.25 bits per heavy atom.